The van der Waals surface area contributed by atoms with Crippen molar-refractivity contribution in [2.24, 2.45) is 0 Å². The summed E-state index contributed by atoms with van der Waals surface area (Å²) in [5.74, 6) is 1.67. The van der Waals surface area contributed by atoms with E-state index in [9.17, 15) is 8.42 Å². The molecule has 4 nitrogen and oxygen atoms in total. The first kappa shape index (κ1) is 15.8. The first-order chi connectivity index (χ1) is 10.4. The number of aryl methyl sites for hydroxylation is 1. The van der Waals surface area contributed by atoms with Crippen LogP contribution in [0.4, 0.5) is 0 Å². The van der Waals surface area contributed by atoms with Crippen molar-refractivity contribution >= 4 is 10.0 Å². The molecule has 1 aromatic carbocycles. The lowest BCUT2D eigenvalue weighted by molar-refractivity contribution is 0.254. The lowest BCUT2D eigenvalue weighted by atomic mass is 9.83. The van der Waals surface area contributed by atoms with Crippen LogP contribution in [-0.4, -0.2) is 37.7 Å². The highest BCUT2D eigenvalue weighted by Gasteiger charge is 2.32. The van der Waals surface area contributed by atoms with Gasteiger partial charge in [0.2, 0.25) is 10.0 Å². The maximum Gasteiger partial charge on any atom is 0.213 e. The third kappa shape index (κ3) is 2.76. The highest BCUT2D eigenvalue weighted by Crippen LogP contribution is 2.40. The maximum absolute atomic E-state index is 12.0. The van der Waals surface area contributed by atoms with E-state index in [2.05, 4.69) is 26.0 Å². The number of nitrogens with zero attached hydrogens (tertiary/aromatic N) is 1. The molecule has 1 atom stereocenters. The van der Waals surface area contributed by atoms with Gasteiger partial charge in [0.25, 0.3) is 0 Å². The molecule has 2 aliphatic rings. The van der Waals surface area contributed by atoms with Gasteiger partial charge in [-0.1, -0.05) is 6.07 Å². The molecule has 1 unspecified atom stereocenters. The van der Waals surface area contributed by atoms with Crippen molar-refractivity contribution < 1.29 is 13.2 Å². The van der Waals surface area contributed by atoms with Gasteiger partial charge in [-0.25, -0.2) is 12.7 Å². The summed E-state index contributed by atoms with van der Waals surface area (Å²) in [6.07, 6.45) is 3.03. The summed E-state index contributed by atoms with van der Waals surface area (Å²) in [6.45, 7) is 7.26. The molecule has 0 aromatic heterocycles. The van der Waals surface area contributed by atoms with Crippen molar-refractivity contribution in [3.8, 4) is 5.75 Å². The van der Waals surface area contributed by atoms with Crippen molar-refractivity contribution in [1.29, 1.82) is 0 Å². The van der Waals surface area contributed by atoms with Gasteiger partial charge in [-0.15, -0.1) is 0 Å². The van der Waals surface area contributed by atoms with Crippen LogP contribution in [0.1, 0.15) is 49.3 Å². The zero-order chi connectivity index (χ0) is 15.9. The highest BCUT2D eigenvalue weighted by molar-refractivity contribution is 7.89. The topological polar surface area (TPSA) is 46.6 Å². The van der Waals surface area contributed by atoms with E-state index in [0.29, 0.717) is 19.0 Å². The Kier molecular flexibility index (Phi) is 4.21. The predicted molar refractivity (Wildman–Crippen MR) is 88.0 cm³/mol. The van der Waals surface area contributed by atoms with Gasteiger partial charge >= 0.3 is 0 Å². The first-order valence-electron chi connectivity index (χ1n) is 8.19. The Hall–Kier alpha value is -1.07. The van der Waals surface area contributed by atoms with E-state index in [1.807, 2.05) is 0 Å². The summed E-state index contributed by atoms with van der Waals surface area (Å²) in [7, 11) is -3.05. The molecule has 0 aliphatic carbocycles. The number of hydrogen-bond acceptors (Lipinski definition) is 3. The smallest absolute Gasteiger partial charge is 0.213 e. The highest BCUT2D eigenvalue weighted by atomic mass is 32.2. The van der Waals surface area contributed by atoms with Gasteiger partial charge in [0.05, 0.1) is 5.75 Å². The maximum atomic E-state index is 12.0. The summed E-state index contributed by atoms with van der Waals surface area (Å²) in [4.78, 5) is 0. The zero-order valence-electron chi connectivity index (χ0n) is 13.6. The second-order valence-corrected chi connectivity index (χ2v) is 8.74. The second kappa shape index (κ2) is 5.85. The number of benzene rings is 1. The fourth-order valence-electron chi connectivity index (χ4n) is 3.80. The van der Waals surface area contributed by atoms with Crippen molar-refractivity contribution in [2.45, 2.75) is 52.1 Å². The van der Waals surface area contributed by atoms with E-state index in [0.717, 1.165) is 25.0 Å². The Morgan fingerprint density at radius 2 is 1.95 bits per heavy atom. The van der Waals surface area contributed by atoms with Crippen LogP contribution in [0.5, 0.6) is 5.75 Å². The number of ether oxygens (including phenoxy) is 1. The van der Waals surface area contributed by atoms with E-state index in [1.165, 1.54) is 16.7 Å². The van der Waals surface area contributed by atoms with Gasteiger partial charge in [-0.2, -0.15) is 0 Å². The summed E-state index contributed by atoms with van der Waals surface area (Å²) in [5, 5.41) is 0. The van der Waals surface area contributed by atoms with Crippen LogP contribution in [-0.2, 0) is 16.4 Å². The number of fused-ring (bicyclic) bond motifs is 1. The minimum Gasteiger partial charge on any atom is -0.490 e. The molecule has 0 amide bonds. The van der Waals surface area contributed by atoms with Gasteiger partial charge in [0, 0.05) is 25.1 Å². The number of sulfonamides is 1. The van der Waals surface area contributed by atoms with Gasteiger partial charge in [-0.3, -0.25) is 0 Å². The van der Waals surface area contributed by atoms with Crippen LogP contribution in [0.2, 0.25) is 0 Å². The predicted octanol–water partition coefficient (Wildman–Crippen LogP) is 2.85. The molecule has 3 rings (SSSR count). The SMILES string of the molecule is CCS(=O)(=O)N1CCC(c2c(C)ccc3c2CC(C)O3)CC1. The molecule has 0 spiro atoms. The summed E-state index contributed by atoms with van der Waals surface area (Å²) >= 11 is 0. The lowest BCUT2D eigenvalue weighted by Gasteiger charge is -2.32. The van der Waals surface area contributed by atoms with E-state index in [1.54, 1.807) is 11.2 Å². The van der Waals surface area contributed by atoms with Crippen molar-refractivity contribution in [3.05, 3.63) is 28.8 Å². The number of rotatable bonds is 3. The quantitative estimate of drug-likeness (QED) is 0.859. The Morgan fingerprint density at radius 3 is 2.59 bits per heavy atom. The Labute approximate surface area is 133 Å². The normalized spacial score (nSPS) is 23.3. The molecular formula is C17H25NO3S. The van der Waals surface area contributed by atoms with E-state index in [-0.39, 0.29) is 11.9 Å². The third-order valence-electron chi connectivity index (χ3n) is 4.97. The van der Waals surface area contributed by atoms with Crippen molar-refractivity contribution in [2.75, 3.05) is 18.8 Å². The molecule has 0 radical (unpaired) electrons. The van der Waals surface area contributed by atoms with Crippen molar-refractivity contribution in [3.63, 3.8) is 0 Å². The van der Waals surface area contributed by atoms with Crippen molar-refractivity contribution in [1.82, 2.24) is 4.31 Å². The fraction of sp³-hybridized carbons (Fsp3) is 0.647. The molecule has 0 N–H and O–H groups in total. The van der Waals surface area contributed by atoms with Gasteiger partial charge < -0.3 is 4.74 Å². The van der Waals surface area contributed by atoms with E-state index < -0.39 is 10.0 Å². The largest absolute Gasteiger partial charge is 0.490 e. The minimum absolute atomic E-state index is 0.197. The van der Waals surface area contributed by atoms with Crippen LogP contribution in [0.15, 0.2) is 12.1 Å². The molecule has 0 saturated carbocycles. The van der Waals surface area contributed by atoms with Gasteiger partial charge in [-0.05, 0) is 56.7 Å². The molecule has 1 fully saturated rings. The first-order valence-corrected chi connectivity index (χ1v) is 9.80. The molecule has 1 saturated heterocycles. The average Bonchev–Trinajstić information content (AvgIpc) is 2.87. The standard InChI is InChI=1S/C17H25NO3S/c1-4-22(19,20)18-9-7-14(8-10-18)17-12(2)5-6-16-15(17)11-13(3)21-16/h5-6,13-14H,4,7-11H2,1-3H3. The van der Waals surface area contributed by atoms with E-state index >= 15 is 0 Å². The third-order valence-corrected chi connectivity index (χ3v) is 6.85. The van der Waals surface area contributed by atoms with Crippen LogP contribution in [0.25, 0.3) is 0 Å². The second-order valence-electron chi connectivity index (χ2n) is 6.48. The fourth-order valence-corrected chi connectivity index (χ4v) is 4.93. The molecule has 22 heavy (non-hydrogen) atoms. The summed E-state index contributed by atoms with van der Waals surface area (Å²) in [5.41, 5.74) is 4.08. The Balaban J connectivity index is 1.82. The molecule has 1 aromatic rings. The minimum atomic E-state index is -3.05. The average molecular weight is 323 g/mol. The molecular weight excluding hydrogens is 298 g/mol. The van der Waals surface area contributed by atoms with E-state index in [4.69, 9.17) is 4.74 Å². The molecule has 122 valence electrons. The Bertz CT molecular complexity index is 661. The van der Waals surface area contributed by atoms with Crippen LogP contribution in [0.3, 0.4) is 0 Å². The number of hydrogen-bond donors (Lipinski definition) is 0. The molecule has 5 heteroatoms. The summed E-state index contributed by atoms with van der Waals surface area (Å²) < 4.78 is 31.5. The zero-order valence-corrected chi connectivity index (χ0v) is 14.4. The number of piperidine rings is 1. The van der Waals surface area contributed by atoms with Crippen LogP contribution < -0.4 is 4.74 Å². The molecule has 2 heterocycles. The van der Waals surface area contributed by atoms with Crippen LogP contribution in [0, 0.1) is 6.92 Å². The monoisotopic (exact) mass is 323 g/mol. The van der Waals surface area contributed by atoms with Gasteiger partial charge in [0.1, 0.15) is 11.9 Å². The lowest BCUT2D eigenvalue weighted by Crippen LogP contribution is -2.39. The summed E-state index contributed by atoms with van der Waals surface area (Å²) in [6, 6.07) is 4.22. The molecule has 0 bridgehead atoms. The van der Waals surface area contributed by atoms with Gasteiger partial charge in [0.15, 0.2) is 0 Å². The molecule has 2 aliphatic heterocycles. The Morgan fingerprint density at radius 1 is 1.27 bits per heavy atom. The van der Waals surface area contributed by atoms with Crippen LogP contribution >= 0.6 is 0 Å².